The number of hydrogen-bond acceptors (Lipinski definition) is 4. The minimum Gasteiger partial charge on any atom is -0.390 e. The minimum absolute atomic E-state index is 0.378. The van der Waals surface area contributed by atoms with Gasteiger partial charge in [0.15, 0.2) is 0 Å². The molecule has 0 amide bonds. The molecule has 0 bridgehead atoms. The summed E-state index contributed by atoms with van der Waals surface area (Å²) in [4.78, 5) is 13.3. The Morgan fingerprint density at radius 3 is 2.62 bits per heavy atom. The lowest BCUT2D eigenvalue weighted by molar-refractivity contribution is -0.394. The van der Waals surface area contributed by atoms with Crippen molar-refractivity contribution < 1.29 is 4.92 Å². The third-order valence-corrected chi connectivity index (χ3v) is 2.47. The van der Waals surface area contributed by atoms with E-state index in [1.165, 1.54) is 11.0 Å². The molecule has 0 spiro atoms. The van der Waals surface area contributed by atoms with Crippen molar-refractivity contribution in [1.82, 2.24) is 14.8 Å². The Balaban J connectivity index is 2.14. The van der Waals surface area contributed by atoms with E-state index in [2.05, 4.69) is 26.0 Å². The van der Waals surface area contributed by atoms with E-state index in [4.69, 9.17) is 0 Å². The Labute approximate surface area is 99.2 Å². The third-order valence-electron chi connectivity index (χ3n) is 1.95. The monoisotopic (exact) mass is 282 g/mol. The van der Waals surface area contributed by atoms with Crippen molar-refractivity contribution in [3.05, 3.63) is 50.7 Å². The molecule has 82 valence electrons. The lowest BCUT2D eigenvalue weighted by atomic mass is 10.2. The first-order valence-corrected chi connectivity index (χ1v) is 5.23. The first-order chi connectivity index (χ1) is 7.65. The lowest BCUT2D eigenvalue weighted by Gasteiger charge is -1.97. The van der Waals surface area contributed by atoms with Crippen LogP contribution in [0, 0.1) is 10.1 Å². The first kappa shape index (κ1) is 10.7. The molecule has 0 N–H and O–H groups in total. The molecule has 0 aliphatic carbocycles. The number of hydrogen-bond donors (Lipinski definition) is 0. The normalized spacial score (nSPS) is 10.3. The molecule has 0 aliphatic heterocycles. The summed E-state index contributed by atoms with van der Waals surface area (Å²) in [6, 6.07) is 7.64. The van der Waals surface area contributed by atoms with Crippen LogP contribution in [0.5, 0.6) is 0 Å². The summed E-state index contributed by atoms with van der Waals surface area (Å²) in [5.74, 6) is -0.378. The maximum atomic E-state index is 10.4. The summed E-state index contributed by atoms with van der Waals surface area (Å²) < 4.78 is 2.42. The molecular weight excluding hydrogens is 276 g/mol. The Morgan fingerprint density at radius 1 is 1.38 bits per heavy atom. The van der Waals surface area contributed by atoms with E-state index in [-0.39, 0.29) is 5.95 Å². The molecule has 1 aromatic carbocycles. The molecule has 1 aromatic heterocycles. The summed E-state index contributed by atoms with van der Waals surface area (Å²) in [5.41, 5.74) is 1.00. The van der Waals surface area contributed by atoms with E-state index in [0.29, 0.717) is 6.54 Å². The zero-order valence-electron chi connectivity index (χ0n) is 8.08. The van der Waals surface area contributed by atoms with Crippen LogP contribution in [-0.4, -0.2) is 19.7 Å². The number of rotatable bonds is 3. The van der Waals surface area contributed by atoms with Crippen LogP contribution in [-0.2, 0) is 6.54 Å². The molecule has 0 saturated heterocycles. The van der Waals surface area contributed by atoms with Crippen molar-refractivity contribution in [2.45, 2.75) is 6.54 Å². The summed E-state index contributed by atoms with van der Waals surface area (Å²) in [6.45, 7) is 0.466. The van der Waals surface area contributed by atoms with E-state index in [0.717, 1.165) is 10.0 Å². The average Bonchev–Trinajstić information content (AvgIpc) is 2.70. The topological polar surface area (TPSA) is 73.8 Å². The van der Waals surface area contributed by atoms with Crippen molar-refractivity contribution in [1.29, 1.82) is 0 Å². The Morgan fingerprint density at radius 2 is 2.06 bits per heavy atom. The smallest absolute Gasteiger partial charge is 0.390 e. The molecule has 0 aliphatic rings. The maximum absolute atomic E-state index is 10.4. The minimum atomic E-state index is -0.613. The highest BCUT2D eigenvalue weighted by molar-refractivity contribution is 9.10. The zero-order valence-corrected chi connectivity index (χ0v) is 9.66. The Bertz CT molecular complexity index is 508. The third kappa shape index (κ3) is 2.43. The van der Waals surface area contributed by atoms with Crippen molar-refractivity contribution in [2.75, 3.05) is 0 Å². The number of benzene rings is 1. The molecule has 0 atom stereocenters. The highest BCUT2D eigenvalue weighted by atomic mass is 79.9. The van der Waals surface area contributed by atoms with Crippen LogP contribution in [0.3, 0.4) is 0 Å². The molecule has 2 aromatic rings. The van der Waals surface area contributed by atoms with E-state index < -0.39 is 4.92 Å². The fourth-order valence-electron chi connectivity index (χ4n) is 1.22. The van der Waals surface area contributed by atoms with Crippen molar-refractivity contribution in [3.63, 3.8) is 0 Å². The molecule has 0 radical (unpaired) electrons. The second-order valence-electron chi connectivity index (χ2n) is 3.13. The first-order valence-electron chi connectivity index (χ1n) is 4.43. The standard InChI is InChI=1S/C9H7BrN4O2/c10-8-3-1-7(2-4-8)5-13-6-11-9(12-13)14(15)16/h1-4,6H,5H2. The van der Waals surface area contributed by atoms with Crippen LogP contribution in [0.1, 0.15) is 5.56 Å². The van der Waals surface area contributed by atoms with Gasteiger partial charge in [0.2, 0.25) is 6.33 Å². The quantitative estimate of drug-likeness (QED) is 0.637. The Kier molecular flexibility index (Phi) is 2.95. The molecule has 16 heavy (non-hydrogen) atoms. The van der Waals surface area contributed by atoms with Crippen LogP contribution in [0.25, 0.3) is 0 Å². The van der Waals surface area contributed by atoms with Gasteiger partial charge in [0.25, 0.3) is 0 Å². The molecule has 0 unspecified atom stereocenters. The second-order valence-corrected chi connectivity index (χ2v) is 4.04. The van der Waals surface area contributed by atoms with Gasteiger partial charge in [0.1, 0.15) is 0 Å². The number of nitrogens with zero attached hydrogens (tertiary/aromatic N) is 4. The van der Waals surface area contributed by atoms with Crippen LogP contribution >= 0.6 is 15.9 Å². The Hall–Kier alpha value is -1.76. The van der Waals surface area contributed by atoms with Crippen LogP contribution in [0.4, 0.5) is 5.95 Å². The van der Waals surface area contributed by atoms with Gasteiger partial charge in [-0.15, -0.1) is 0 Å². The van der Waals surface area contributed by atoms with Gasteiger partial charge >= 0.3 is 5.95 Å². The van der Waals surface area contributed by atoms with E-state index in [1.54, 1.807) is 0 Å². The number of nitro groups is 1. The molecule has 6 nitrogen and oxygen atoms in total. The number of halogens is 1. The van der Waals surface area contributed by atoms with Gasteiger partial charge in [-0.05, 0) is 22.6 Å². The van der Waals surface area contributed by atoms with E-state index in [1.807, 2.05) is 24.3 Å². The van der Waals surface area contributed by atoms with Gasteiger partial charge in [-0.3, -0.25) is 0 Å². The van der Waals surface area contributed by atoms with Gasteiger partial charge in [-0.1, -0.05) is 33.0 Å². The molecule has 7 heteroatoms. The fourth-order valence-corrected chi connectivity index (χ4v) is 1.49. The van der Waals surface area contributed by atoms with E-state index in [9.17, 15) is 10.1 Å². The van der Waals surface area contributed by atoms with Gasteiger partial charge in [-0.25, -0.2) is 0 Å². The molecule has 2 rings (SSSR count). The van der Waals surface area contributed by atoms with Crippen LogP contribution in [0.2, 0.25) is 0 Å². The highest BCUT2D eigenvalue weighted by Gasteiger charge is 2.12. The van der Waals surface area contributed by atoms with Crippen LogP contribution in [0.15, 0.2) is 35.1 Å². The predicted molar refractivity (Wildman–Crippen MR) is 59.9 cm³/mol. The van der Waals surface area contributed by atoms with Crippen LogP contribution < -0.4 is 0 Å². The van der Waals surface area contributed by atoms with Gasteiger partial charge in [-0.2, -0.15) is 4.68 Å². The van der Waals surface area contributed by atoms with Gasteiger partial charge < -0.3 is 10.1 Å². The van der Waals surface area contributed by atoms with Crippen molar-refractivity contribution in [3.8, 4) is 0 Å². The molecule has 1 heterocycles. The van der Waals surface area contributed by atoms with Gasteiger partial charge in [0, 0.05) is 9.57 Å². The molecule has 0 fully saturated rings. The van der Waals surface area contributed by atoms with Gasteiger partial charge in [0.05, 0.1) is 6.54 Å². The SMILES string of the molecule is O=[N+]([O-])c1ncn(Cc2ccc(Br)cc2)n1. The molecular formula is C9H7BrN4O2. The van der Waals surface area contributed by atoms with Crippen molar-refractivity contribution >= 4 is 21.9 Å². The summed E-state index contributed by atoms with van der Waals surface area (Å²) in [6.07, 6.45) is 1.35. The maximum Gasteiger partial charge on any atom is 0.490 e. The fraction of sp³-hybridized carbons (Fsp3) is 0.111. The summed E-state index contributed by atoms with van der Waals surface area (Å²) in [7, 11) is 0. The largest absolute Gasteiger partial charge is 0.490 e. The zero-order chi connectivity index (χ0) is 11.5. The average molecular weight is 283 g/mol. The second kappa shape index (κ2) is 4.40. The summed E-state index contributed by atoms with van der Waals surface area (Å²) in [5, 5.41) is 14.1. The van der Waals surface area contributed by atoms with E-state index >= 15 is 0 Å². The van der Waals surface area contributed by atoms with Crippen molar-refractivity contribution in [2.24, 2.45) is 0 Å². The number of aromatic nitrogens is 3. The highest BCUT2D eigenvalue weighted by Crippen LogP contribution is 2.11. The molecule has 0 saturated carbocycles. The predicted octanol–water partition coefficient (Wildman–Crippen LogP) is 2.00. The lowest BCUT2D eigenvalue weighted by Crippen LogP contribution is -2.01. The summed E-state index contributed by atoms with van der Waals surface area (Å²) >= 11 is 3.33.